The van der Waals surface area contributed by atoms with Gasteiger partial charge in [-0.3, -0.25) is 0 Å². The van der Waals surface area contributed by atoms with E-state index in [9.17, 15) is 21.9 Å². The van der Waals surface area contributed by atoms with Gasteiger partial charge in [0.2, 0.25) is 25.9 Å². The highest BCUT2D eigenvalue weighted by Gasteiger charge is 2.45. The van der Waals surface area contributed by atoms with E-state index in [0.717, 1.165) is 0 Å². The summed E-state index contributed by atoms with van der Waals surface area (Å²) in [6.45, 7) is 3.99. The second-order valence-electron chi connectivity index (χ2n) is 11.2. The van der Waals surface area contributed by atoms with Gasteiger partial charge in [-0.1, -0.05) is 6.07 Å². The molecule has 0 saturated carbocycles. The number of sulfonamides is 2. The maximum absolute atomic E-state index is 13.4. The van der Waals surface area contributed by atoms with Crippen molar-refractivity contribution in [3.8, 4) is 11.6 Å². The lowest BCUT2D eigenvalue weighted by Gasteiger charge is -2.38. The lowest BCUT2D eigenvalue weighted by molar-refractivity contribution is -0.0312. The van der Waals surface area contributed by atoms with Crippen LogP contribution in [0.15, 0.2) is 46.3 Å². The summed E-state index contributed by atoms with van der Waals surface area (Å²) < 4.78 is 72.1. The van der Waals surface area contributed by atoms with Crippen LogP contribution in [0.2, 0.25) is 0 Å². The van der Waals surface area contributed by atoms with Crippen LogP contribution in [-0.4, -0.2) is 109 Å². The summed E-state index contributed by atoms with van der Waals surface area (Å²) in [4.78, 5) is 6.48. The van der Waals surface area contributed by atoms with Gasteiger partial charge in [0, 0.05) is 38.8 Å². The van der Waals surface area contributed by atoms with Crippen molar-refractivity contribution >= 4 is 25.7 Å². The summed E-state index contributed by atoms with van der Waals surface area (Å²) in [5, 5.41) is 13.8. The number of fused-ring (bicyclic) bond motifs is 1. The van der Waals surface area contributed by atoms with Crippen LogP contribution in [0.4, 0.5) is 5.69 Å². The second-order valence-corrected chi connectivity index (χ2v) is 15.0. The Labute approximate surface area is 247 Å². The van der Waals surface area contributed by atoms with E-state index in [1.54, 1.807) is 18.2 Å². The monoisotopic (exact) mass is 625 g/mol. The number of aliphatic hydroxyl groups excluding tert-OH is 1. The first-order valence-corrected chi connectivity index (χ1v) is 16.9. The van der Waals surface area contributed by atoms with Gasteiger partial charge in [-0.25, -0.2) is 26.5 Å². The van der Waals surface area contributed by atoms with E-state index in [4.69, 9.17) is 14.2 Å². The smallest absolute Gasteiger partial charge is 0.244 e. The van der Waals surface area contributed by atoms with Gasteiger partial charge in [-0.05, 0) is 51.4 Å². The number of ether oxygens (including phenoxy) is 3. The molecule has 3 N–H and O–H groups in total. The van der Waals surface area contributed by atoms with Crippen molar-refractivity contribution in [2.24, 2.45) is 0 Å². The van der Waals surface area contributed by atoms with Crippen molar-refractivity contribution in [1.82, 2.24) is 19.3 Å². The van der Waals surface area contributed by atoms with E-state index < -0.39 is 31.8 Å². The molecule has 0 aliphatic carbocycles. The molecule has 232 valence electrons. The standard InChI is InChI=1S/C27H39N5O8S2/c1-19-16-31(3)25-12-24(15-30-26(25)40-19)42(36,37)32-9-7-27(8-10-32)13-20(17-39-27)29-14-21(33)18-38-22-5-4-6-23(11-22)41(34,35)28-2/h4-6,11-12,15,19-21,28-29,33H,7-10,13-14,16-18H2,1-3H3/t19-,20?,21-/m0/s1. The average molecular weight is 626 g/mol. The molecule has 1 aromatic heterocycles. The lowest BCUT2D eigenvalue weighted by Crippen LogP contribution is -2.47. The molecule has 2 fully saturated rings. The number of anilines is 1. The van der Waals surface area contributed by atoms with Gasteiger partial charge >= 0.3 is 0 Å². The topological polar surface area (TPSA) is 160 Å². The zero-order valence-corrected chi connectivity index (χ0v) is 25.7. The maximum Gasteiger partial charge on any atom is 0.244 e. The molecule has 13 nitrogen and oxygen atoms in total. The van der Waals surface area contributed by atoms with Gasteiger partial charge < -0.3 is 29.5 Å². The number of hydrogen-bond donors (Lipinski definition) is 3. The largest absolute Gasteiger partial charge is 0.491 e. The highest BCUT2D eigenvalue weighted by Crippen LogP contribution is 2.38. The van der Waals surface area contributed by atoms with Crippen LogP contribution >= 0.6 is 0 Å². The molecule has 42 heavy (non-hydrogen) atoms. The van der Waals surface area contributed by atoms with E-state index in [2.05, 4.69) is 15.0 Å². The number of pyridine rings is 1. The Hall–Kier alpha value is -2.53. The Morgan fingerprint density at radius 3 is 2.69 bits per heavy atom. The van der Waals surface area contributed by atoms with E-state index in [-0.39, 0.29) is 35.1 Å². The molecule has 0 bridgehead atoms. The predicted octanol–water partition coefficient (Wildman–Crippen LogP) is 0.549. The number of benzene rings is 1. The van der Waals surface area contributed by atoms with Crippen LogP contribution < -0.4 is 24.4 Å². The number of hydrogen-bond acceptors (Lipinski definition) is 11. The third-order valence-corrected chi connectivity index (χ3v) is 11.3. The van der Waals surface area contributed by atoms with Crippen molar-refractivity contribution in [3.63, 3.8) is 0 Å². The maximum atomic E-state index is 13.4. The number of nitrogens with one attached hydrogen (secondary N) is 2. The fourth-order valence-electron chi connectivity index (χ4n) is 5.65. The molecule has 3 aliphatic rings. The number of rotatable bonds is 10. The van der Waals surface area contributed by atoms with Crippen LogP contribution in [0.5, 0.6) is 11.6 Å². The van der Waals surface area contributed by atoms with E-state index >= 15 is 0 Å². The van der Waals surface area contributed by atoms with Crippen LogP contribution in [0.1, 0.15) is 26.2 Å². The molecule has 2 saturated heterocycles. The highest BCUT2D eigenvalue weighted by atomic mass is 32.2. The number of piperidine rings is 1. The first-order valence-electron chi connectivity index (χ1n) is 14.0. The minimum absolute atomic E-state index is 0.00896. The molecule has 1 unspecified atom stereocenters. The van der Waals surface area contributed by atoms with Gasteiger partial charge in [-0.15, -0.1) is 0 Å². The first-order chi connectivity index (χ1) is 19.9. The Morgan fingerprint density at radius 2 is 1.95 bits per heavy atom. The minimum atomic E-state index is -3.72. The third kappa shape index (κ3) is 6.67. The SMILES string of the molecule is CNS(=O)(=O)c1cccc(OC[C@@H](O)CNC2COC3(CCN(S(=O)(=O)c4cnc5c(c4)N(C)C[C@H](C)O5)CC3)C2)c1. The van der Waals surface area contributed by atoms with E-state index in [0.29, 0.717) is 62.8 Å². The second kappa shape index (κ2) is 12.2. The molecule has 5 rings (SSSR count). The number of nitrogens with zero attached hydrogens (tertiary/aromatic N) is 3. The molecule has 3 aliphatic heterocycles. The fourth-order valence-corrected chi connectivity index (χ4v) is 7.82. The molecular weight excluding hydrogens is 586 g/mol. The van der Waals surface area contributed by atoms with Gasteiger partial charge in [0.25, 0.3) is 0 Å². The summed E-state index contributed by atoms with van der Waals surface area (Å²) in [7, 11) is -4.08. The quantitative estimate of drug-likeness (QED) is 0.338. The summed E-state index contributed by atoms with van der Waals surface area (Å²) in [6.07, 6.45) is 2.37. The van der Waals surface area contributed by atoms with E-state index in [1.807, 2.05) is 18.9 Å². The summed E-state index contributed by atoms with van der Waals surface area (Å²) in [5.74, 6) is 0.785. The fraction of sp³-hybridized carbons (Fsp3) is 0.593. The zero-order valence-electron chi connectivity index (χ0n) is 24.0. The van der Waals surface area contributed by atoms with Crippen LogP contribution in [-0.2, 0) is 24.8 Å². The Bertz CT molecular complexity index is 1480. The first kappa shape index (κ1) is 30.9. The Morgan fingerprint density at radius 1 is 1.19 bits per heavy atom. The minimum Gasteiger partial charge on any atom is -0.491 e. The lowest BCUT2D eigenvalue weighted by atomic mass is 9.88. The number of aromatic nitrogens is 1. The van der Waals surface area contributed by atoms with Crippen molar-refractivity contribution in [2.75, 3.05) is 58.4 Å². The van der Waals surface area contributed by atoms with Crippen molar-refractivity contribution in [3.05, 3.63) is 36.5 Å². The van der Waals surface area contributed by atoms with Gasteiger partial charge in [-0.2, -0.15) is 4.31 Å². The van der Waals surface area contributed by atoms with Crippen LogP contribution in [0.25, 0.3) is 0 Å². The molecular formula is C27H39N5O8S2. The van der Waals surface area contributed by atoms with Crippen molar-refractivity contribution in [1.29, 1.82) is 0 Å². The predicted molar refractivity (Wildman–Crippen MR) is 155 cm³/mol. The molecule has 1 aromatic carbocycles. The molecule has 15 heteroatoms. The van der Waals surface area contributed by atoms with Gasteiger partial charge in [0.15, 0.2) is 0 Å². The molecule has 2 aromatic rings. The molecule has 1 spiro atoms. The number of aliphatic hydroxyl groups is 1. The van der Waals surface area contributed by atoms with Gasteiger partial charge in [0.1, 0.15) is 35.1 Å². The highest BCUT2D eigenvalue weighted by molar-refractivity contribution is 7.89. The van der Waals surface area contributed by atoms with Crippen molar-refractivity contribution in [2.45, 2.75) is 59.8 Å². The number of likely N-dealkylation sites (N-methyl/N-ethyl adjacent to an activating group) is 1. The van der Waals surface area contributed by atoms with Crippen molar-refractivity contribution < 1.29 is 36.2 Å². The molecule has 0 radical (unpaired) electrons. The molecule has 3 atom stereocenters. The summed E-state index contributed by atoms with van der Waals surface area (Å²) >= 11 is 0. The Balaban J connectivity index is 1.09. The summed E-state index contributed by atoms with van der Waals surface area (Å²) in [6, 6.07) is 7.72. The third-order valence-electron chi connectivity index (χ3n) is 8.01. The Kier molecular flexibility index (Phi) is 9.00. The van der Waals surface area contributed by atoms with E-state index in [1.165, 1.54) is 29.7 Å². The normalized spacial score (nSPS) is 23.4. The summed E-state index contributed by atoms with van der Waals surface area (Å²) in [5.41, 5.74) is 0.251. The van der Waals surface area contributed by atoms with Crippen LogP contribution in [0, 0.1) is 0 Å². The molecule has 0 amide bonds. The molecule has 4 heterocycles. The van der Waals surface area contributed by atoms with Gasteiger partial charge in [0.05, 0.1) is 29.8 Å². The van der Waals surface area contributed by atoms with Crippen LogP contribution in [0.3, 0.4) is 0 Å². The average Bonchev–Trinajstić information content (AvgIpc) is 3.37. The zero-order chi connectivity index (χ0) is 30.1.